The van der Waals surface area contributed by atoms with Gasteiger partial charge in [0.05, 0.1) is 24.5 Å². The van der Waals surface area contributed by atoms with E-state index in [1.807, 2.05) is 60.7 Å². The number of fused-ring (bicyclic) bond motifs is 2. The molecular weight excluding hydrogens is 917 g/mol. The van der Waals surface area contributed by atoms with E-state index in [1.165, 1.54) is 9.80 Å². The Kier molecular flexibility index (Phi) is 14.2. The van der Waals surface area contributed by atoms with Crippen LogP contribution in [0.5, 0.6) is 11.5 Å². The van der Waals surface area contributed by atoms with E-state index in [2.05, 4.69) is 74.5 Å². The smallest absolute Gasteiger partial charge is 0.291 e. The molecule has 0 radical (unpaired) electrons. The van der Waals surface area contributed by atoms with E-state index in [-0.39, 0.29) is 23.5 Å². The van der Waals surface area contributed by atoms with Crippen LogP contribution in [0.15, 0.2) is 84.9 Å². The molecule has 4 aromatic carbocycles. The number of piperazine rings is 1. The summed E-state index contributed by atoms with van der Waals surface area (Å²) in [5, 5.41) is 19.3. The van der Waals surface area contributed by atoms with Gasteiger partial charge in [-0.1, -0.05) is 47.9 Å². The number of hydrogen-bond donors (Lipinski definition) is 6. The maximum atomic E-state index is 13.7. The number of carbonyl (C=O) groups is 4. The Bertz CT molecular complexity index is 2950. The van der Waals surface area contributed by atoms with Crippen molar-refractivity contribution >= 4 is 46.4 Å². The summed E-state index contributed by atoms with van der Waals surface area (Å²) in [5.41, 5.74) is 17.4. The molecule has 72 heavy (non-hydrogen) atoms. The van der Waals surface area contributed by atoms with E-state index in [1.54, 1.807) is 52.2 Å². The lowest BCUT2D eigenvalue weighted by Crippen LogP contribution is -2.53. The highest BCUT2D eigenvalue weighted by molar-refractivity contribution is 6.04. The second-order valence-corrected chi connectivity index (χ2v) is 17.9. The minimum atomic E-state index is -1.00. The second kappa shape index (κ2) is 21.1. The topological polar surface area (TPSA) is 259 Å². The van der Waals surface area contributed by atoms with Crippen LogP contribution in [-0.2, 0) is 22.4 Å². The number of benzene rings is 4. The monoisotopic (exact) mass is 970 g/mol. The second-order valence-electron chi connectivity index (χ2n) is 17.9. The number of aromatic amines is 2. The van der Waals surface area contributed by atoms with Crippen LogP contribution in [0, 0.1) is 23.7 Å². The SMILES string of the molecule is C[C@H]1Oc2ccc(C#CCN3CCN(CC#Cc4ccc5c(c4)N(C)C(=O)[C@@H](NC(=O)c4n[nH]c(Cc6cccc(N)c6)n4)[C@@H](C)O5)CC3)cc2N(C)C(=O)[C@H]1NC(=O)c1n[nH]c(Cc2cccc(N)c2)n1. The molecule has 8 N–H and O–H groups in total. The van der Waals surface area contributed by atoms with Crippen LogP contribution in [0.4, 0.5) is 22.7 Å². The summed E-state index contributed by atoms with van der Waals surface area (Å²) in [6.07, 6.45) is -0.570. The van der Waals surface area contributed by atoms with Crippen molar-refractivity contribution in [3.05, 3.63) is 130 Å². The molecule has 1 saturated heterocycles. The van der Waals surface area contributed by atoms with Crippen LogP contribution in [0.1, 0.15) is 69.0 Å². The molecule has 3 aliphatic rings. The van der Waals surface area contributed by atoms with E-state index in [9.17, 15) is 19.2 Å². The fourth-order valence-corrected chi connectivity index (χ4v) is 8.63. The maximum Gasteiger partial charge on any atom is 0.291 e. The van der Waals surface area contributed by atoms with E-state index < -0.39 is 36.1 Å². The Labute approximate surface area is 415 Å². The number of carbonyl (C=O) groups excluding carboxylic acids is 4. The number of H-pyrrole nitrogens is 2. The normalized spacial score (nSPS) is 18.9. The molecule has 2 aromatic heterocycles. The van der Waals surface area contributed by atoms with Gasteiger partial charge in [0.2, 0.25) is 11.6 Å². The summed E-state index contributed by atoms with van der Waals surface area (Å²) < 4.78 is 12.4. The van der Waals surface area contributed by atoms with Crippen molar-refractivity contribution in [2.45, 2.75) is 51.0 Å². The predicted molar refractivity (Wildman–Crippen MR) is 269 cm³/mol. The number of hydrogen-bond acceptors (Lipinski definition) is 14. The Hall–Kier alpha value is -8.72. The first kappa shape index (κ1) is 48.3. The predicted octanol–water partition coefficient (Wildman–Crippen LogP) is 2.37. The maximum absolute atomic E-state index is 13.7. The zero-order chi connectivity index (χ0) is 50.5. The van der Waals surface area contributed by atoms with Gasteiger partial charge in [0.1, 0.15) is 47.4 Å². The van der Waals surface area contributed by atoms with Crippen molar-refractivity contribution in [1.82, 2.24) is 50.8 Å². The summed E-state index contributed by atoms with van der Waals surface area (Å²) in [5.74, 6) is 12.9. The van der Waals surface area contributed by atoms with Crippen LogP contribution in [-0.4, -0.2) is 141 Å². The number of amides is 4. The molecule has 9 rings (SSSR count). The summed E-state index contributed by atoms with van der Waals surface area (Å²) >= 11 is 0. The number of likely N-dealkylation sites (N-methyl/N-ethyl adjacent to an activating group) is 2. The molecule has 368 valence electrons. The standard InChI is InChI=1S/C52H54N14O6/c1-31-45(57-49(67)47-55-43(59-61-47)29-35-9-5-13-37(53)25-35)51(69)63(3)39-27-33(15-17-41(39)71-31)11-7-19-65-21-23-66(24-22-65)20-8-12-34-16-18-42-40(28-34)64(4)52(70)46(32(2)72-42)58-50(68)48-56-44(60-62-48)30-36-10-6-14-38(54)26-36/h5-6,9-10,13-18,25-28,31-32,45-46H,19-24,29-30,53-54H2,1-4H3,(H,57,67)(H,58,68)(H,55,59,61)(H,56,60,62)/t31-,32-,45+,46+/m1/s1. The Morgan fingerprint density at radius 3 is 1.46 bits per heavy atom. The number of nitrogens with zero attached hydrogens (tertiary/aromatic N) is 8. The summed E-state index contributed by atoms with van der Waals surface area (Å²) in [4.78, 5) is 70.2. The summed E-state index contributed by atoms with van der Waals surface area (Å²) in [6.45, 7) is 7.84. The number of anilines is 4. The lowest BCUT2D eigenvalue weighted by Gasteiger charge is -2.32. The van der Waals surface area contributed by atoms with Crippen molar-refractivity contribution in [2.75, 3.05) is 74.6 Å². The number of nitrogen functional groups attached to an aromatic ring is 2. The summed E-state index contributed by atoms with van der Waals surface area (Å²) in [7, 11) is 3.29. The van der Waals surface area contributed by atoms with Crippen LogP contribution < -0.4 is 41.4 Å². The lowest BCUT2D eigenvalue weighted by atomic mass is 10.1. The third kappa shape index (κ3) is 11.2. The number of ether oxygens (including phenoxy) is 2. The zero-order valence-corrected chi connectivity index (χ0v) is 40.2. The quantitative estimate of drug-likeness (QED) is 0.0852. The van der Waals surface area contributed by atoms with Crippen LogP contribution >= 0.6 is 0 Å². The molecule has 0 saturated carbocycles. The first-order valence-corrected chi connectivity index (χ1v) is 23.5. The van der Waals surface area contributed by atoms with E-state index in [0.717, 1.165) is 48.4 Å². The van der Waals surface area contributed by atoms with Crippen molar-refractivity contribution in [2.24, 2.45) is 0 Å². The third-order valence-electron chi connectivity index (χ3n) is 12.6. The number of nitrogens with one attached hydrogen (secondary N) is 4. The fourth-order valence-electron chi connectivity index (χ4n) is 8.63. The Morgan fingerprint density at radius 2 is 1.06 bits per heavy atom. The van der Waals surface area contributed by atoms with Crippen molar-refractivity contribution in [3.63, 3.8) is 0 Å². The van der Waals surface area contributed by atoms with Crippen LogP contribution in [0.2, 0.25) is 0 Å². The van der Waals surface area contributed by atoms with Crippen molar-refractivity contribution in [1.29, 1.82) is 0 Å². The fraction of sp³-hybridized carbons (Fsp3) is 0.308. The number of nitrogens with two attached hydrogens (primary N) is 2. The van der Waals surface area contributed by atoms with Gasteiger partial charge < -0.3 is 41.4 Å². The van der Waals surface area contributed by atoms with Crippen LogP contribution in [0.25, 0.3) is 0 Å². The van der Waals surface area contributed by atoms with Gasteiger partial charge in [-0.3, -0.25) is 39.2 Å². The van der Waals surface area contributed by atoms with Gasteiger partial charge in [0.15, 0.2) is 0 Å². The molecule has 4 amide bonds. The first-order valence-electron chi connectivity index (χ1n) is 23.5. The van der Waals surface area contributed by atoms with E-state index >= 15 is 0 Å². The van der Waals surface area contributed by atoms with Crippen molar-refractivity contribution in [3.8, 4) is 35.2 Å². The van der Waals surface area contributed by atoms with Crippen LogP contribution in [0.3, 0.4) is 0 Å². The molecule has 6 aromatic rings. The number of rotatable bonds is 10. The molecule has 20 heteroatoms. The first-order chi connectivity index (χ1) is 34.7. The average Bonchev–Trinajstić information content (AvgIpc) is 4.02. The van der Waals surface area contributed by atoms with E-state index in [0.29, 0.717) is 71.8 Å². The highest BCUT2D eigenvalue weighted by atomic mass is 16.5. The van der Waals surface area contributed by atoms with Gasteiger partial charge in [-0.2, -0.15) is 0 Å². The number of aromatic nitrogens is 6. The largest absolute Gasteiger partial charge is 0.486 e. The molecule has 1 fully saturated rings. The summed E-state index contributed by atoms with van der Waals surface area (Å²) in [6, 6.07) is 23.6. The van der Waals surface area contributed by atoms with Gasteiger partial charge in [0, 0.05) is 75.6 Å². The third-order valence-corrected chi connectivity index (χ3v) is 12.6. The average molecular weight is 971 g/mol. The molecule has 20 nitrogen and oxygen atoms in total. The molecule has 3 aliphatic heterocycles. The van der Waals surface area contributed by atoms with Gasteiger partial charge in [-0.25, -0.2) is 9.97 Å². The zero-order valence-electron chi connectivity index (χ0n) is 40.2. The van der Waals surface area contributed by atoms with Gasteiger partial charge in [0.25, 0.3) is 23.6 Å². The Morgan fingerprint density at radius 1 is 0.639 bits per heavy atom. The highest BCUT2D eigenvalue weighted by Crippen LogP contribution is 2.35. The molecule has 0 bridgehead atoms. The van der Waals surface area contributed by atoms with Gasteiger partial charge in [-0.05, 0) is 85.6 Å². The minimum Gasteiger partial charge on any atom is -0.486 e. The van der Waals surface area contributed by atoms with E-state index in [4.69, 9.17) is 20.9 Å². The highest BCUT2D eigenvalue weighted by Gasteiger charge is 2.38. The molecule has 0 aliphatic carbocycles. The van der Waals surface area contributed by atoms with Gasteiger partial charge in [-0.15, -0.1) is 10.2 Å². The molecular formula is C52H54N14O6. The lowest BCUT2D eigenvalue weighted by molar-refractivity contribution is -0.122. The Balaban J connectivity index is 0.738. The molecule has 5 heterocycles. The minimum absolute atomic E-state index is 0.0872. The molecule has 4 atom stereocenters. The van der Waals surface area contributed by atoms with Gasteiger partial charge >= 0.3 is 0 Å². The molecule has 0 spiro atoms. The van der Waals surface area contributed by atoms with Crippen molar-refractivity contribution < 1.29 is 28.7 Å². The molecule has 0 unspecified atom stereocenters.